The Balaban J connectivity index is 1.94. The zero-order valence-electron chi connectivity index (χ0n) is 16.7. The lowest BCUT2D eigenvalue weighted by molar-refractivity contribution is -0.120. The Bertz CT molecular complexity index is 964. The Morgan fingerprint density at radius 3 is 2.50 bits per heavy atom. The minimum Gasteiger partial charge on any atom is -0.444 e. The third-order valence-electron chi connectivity index (χ3n) is 4.21. The van der Waals surface area contributed by atoms with E-state index in [0.717, 1.165) is 29.5 Å². The number of nitrogens with zero attached hydrogens (tertiary/aromatic N) is 1. The van der Waals surface area contributed by atoms with Gasteiger partial charge in [-0.2, -0.15) is 0 Å². The van der Waals surface area contributed by atoms with E-state index in [0.29, 0.717) is 9.92 Å². The fourth-order valence-corrected chi connectivity index (χ4v) is 4.09. The van der Waals surface area contributed by atoms with E-state index in [2.05, 4.69) is 5.32 Å². The molecule has 1 heterocycles. The largest absolute Gasteiger partial charge is 0.444 e. The highest BCUT2D eigenvalue weighted by Gasteiger charge is 2.34. The molecule has 0 saturated carbocycles. The van der Waals surface area contributed by atoms with E-state index in [1.54, 1.807) is 45.0 Å². The Morgan fingerprint density at radius 1 is 1.23 bits per heavy atom. The molecule has 0 saturated heterocycles. The number of thioether (sulfide) groups is 1. The highest BCUT2D eigenvalue weighted by Crippen LogP contribution is 2.37. The summed E-state index contributed by atoms with van der Waals surface area (Å²) in [6.07, 6.45) is -0.740. The van der Waals surface area contributed by atoms with E-state index in [4.69, 9.17) is 16.3 Å². The van der Waals surface area contributed by atoms with Crippen LogP contribution in [0.25, 0.3) is 0 Å². The van der Waals surface area contributed by atoms with Crippen LogP contribution in [0.15, 0.2) is 41.3 Å². The summed E-state index contributed by atoms with van der Waals surface area (Å²) in [6, 6.07) is 7.96. The summed E-state index contributed by atoms with van der Waals surface area (Å²) in [4.78, 5) is 27.2. The topological polar surface area (TPSA) is 58.6 Å². The standard InChI is InChI=1S/C21H21ClF2N2O3S/c1-21(2,3)29-20(28)25-16-11-30-18-9-15(24)14(23)8-17(18)26(19(16)27)10-12-4-6-13(22)7-5-12/h4-9,16H,10-11H2,1-3H3,(H,25,28)/t16-/m0/s1. The number of benzene rings is 2. The third-order valence-corrected chi connectivity index (χ3v) is 5.60. The molecule has 1 aliphatic rings. The van der Waals surface area contributed by atoms with Crippen LogP contribution in [-0.2, 0) is 16.1 Å². The molecule has 30 heavy (non-hydrogen) atoms. The number of alkyl carbamates (subject to hydrolysis) is 1. The van der Waals surface area contributed by atoms with Gasteiger partial charge in [-0.25, -0.2) is 13.6 Å². The first kappa shape index (κ1) is 22.4. The van der Waals surface area contributed by atoms with Crippen LogP contribution in [0.3, 0.4) is 0 Å². The van der Waals surface area contributed by atoms with Crippen LogP contribution in [0.2, 0.25) is 5.02 Å². The highest BCUT2D eigenvalue weighted by molar-refractivity contribution is 7.99. The number of fused-ring (bicyclic) bond motifs is 1. The van der Waals surface area contributed by atoms with Crippen LogP contribution in [-0.4, -0.2) is 29.4 Å². The predicted molar refractivity (Wildman–Crippen MR) is 113 cm³/mol. The predicted octanol–water partition coefficient (Wildman–Crippen LogP) is 5.15. The van der Waals surface area contributed by atoms with Gasteiger partial charge in [-0.3, -0.25) is 4.79 Å². The van der Waals surface area contributed by atoms with Gasteiger partial charge in [0.2, 0.25) is 0 Å². The van der Waals surface area contributed by atoms with Crippen molar-refractivity contribution in [2.75, 3.05) is 10.7 Å². The number of nitrogens with one attached hydrogen (secondary N) is 1. The van der Waals surface area contributed by atoms with Gasteiger partial charge in [0.1, 0.15) is 11.6 Å². The van der Waals surface area contributed by atoms with Crippen LogP contribution in [0.4, 0.5) is 19.3 Å². The first-order chi connectivity index (χ1) is 14.0. The molecule has 160 valence electrons. The van der Waals surface area contributed by atoms with Gasteiger partial charge >= 0.3 is 6.09 Å². The van der Waals surface area contributed by atoms with Crippen LogP contribution in [0, 0.1) is 11.6 Å². The van der Waals surface area contributed by atoms with Crippen LogP contribution >= 0.6 is 23.4 Å². The number of hydrogen-bond donors (Lipinski definition) is 1. The number of amides is 2. The minimum absolute atomic E-state index is 0.0983. The SMILES string of the molecule is CC(C)(C)OC(=O)N[C@H]1CSc2cc(F)c(F)cc2N(Cc2ccc(Cl)cc2)C1=O. The molecule has 3 rings (SSSR count). The number of hydrogen-bond acceptors (Lipinski definition) is 4. The summed E-state index contributed by atoms with van der Waals surface area (Å²) in [7, 11) is 0. The van der Waals surface area contributed by atoms with Gasteiger partial charge in [-0.15, -0.1) is 11.8 Å². The van der Waals surface area contributed by atoms with E-state index >= 15 is 0 Å². The molecule has 0 bridgehead atoms. The molecule has 1 aliphatic heterocycles. The molecular formula is C21H21ClF2N2O3S. The van der Waals surface area contributed by atoms with Crippen molar-refractivity contribution in [1.29, 1.82) is 0 Å². The summed E-state index contributed by atoms with van der Waals surface area (Å²) < 4.78 is 33.1. The molecule has 2 aromatic rings. The van der Waals surface area contributed by atoms with Gasteiger partial charge < -0.3 is 15.0 Å². The molecular weight excluding hydrogens is 434 g/mol. The summed E-state index contributed by atoms with van der Waals surface area (Å²) in [6.45, 7) is 5.24. The summed E-state index contributed by atoms with van der Waals surface area (Å²) in [5.41, 5.74) is 0.252. The van der Waals surface area contributed by atoms with Crippen LogP contribution < -0.4 is 10.2 Å². The van der Waals surface area contributed by atoms with Gasteiger partial charge in [0.15, 0.2) is 11.6 Å². The lowest BCUT2D eigenvalue weighted by Crippen LogP contribution is -2.50. The number of rotatable bonds is 3. The highest BCUT2D eigenvalue weighted by atomic mass is 35.5. The maximum atomic E-state index is 14.0. The van der Waals surface area contributed by atoms with Gasteiger partial charge in [0.25, 0.3) is 5.91 Å². The molecule has 0 radical (unpaired) electrons. The molecule has 0 unspecified atom stereocenters. The number of carbonyl (C=O) groups is 2. The smallest absolute Gasteiger partial charge is 0.408 e. The first-order valence-corrected chi connectivity index (χ1v) is 10.6. The molecule has 1 atom stereocenters. The fraction of sp³-hybridized carbons (Fsp3) is 0.333. The third kappa shape index (κ3) is 5.43. The lowest BCUT2D eigenvalue weighted by Gasteiger charge is -2.27. The number of ether oxygens (including phenoxy) is 1. The van der Waals surface area contributed by atoms with Crippen molar-refractivity contribution >= 4 is 41.1 Å². The second kappa shape index (κ2) is 8.81. The first-order valence-electron chi connectivity index (χ1n) is 9.20. The zero-order chi connectivity index (χ0) is 22.1. The molecule has 0 aromatic heterocycles. The van der Waals surface area contributed by atoms with Crippen molar-refractivity contribution in [3.63, 3.8) is 0 Å². The van der Waals surface area contributed by atoms with Gasteiger partial charge in [0.05, 0.1) is 12.2 Å². The Labute approximate surface area is 182 Å². The normalized spacial score (nSPS) is 16.7. The van der Waals surface area contributed by atoms with Crippen molar-refractivity contribution in [2.45, 2.75) is 43.9 Å². The lowest BCUT2D eigenvalue weighted by atomic mass is 10.1. The Kier molecular flexibility index (Phi) is 6.57. The maximum Gasteiger partial charge on any atom is 0.408 e. The maximum absolute atomic E-state index is 14.0. The monoisotopic (exact) mass is 454 g/mol. The van der Waals surface area contributed by atoms with Crippen molar-refractivity contribution in [2.24, 2.45) is 0 Å². The van der Waals surface area contributed by atoms with Crippen molar-refractivity contribution in [3.8, 4) is 0 Å². The summed E-state index contributed by atoms with van der Waals surface area (Å²) in [5.74, 6) is -2.36. The van der Waals surface area contributed by atoms with Crippen LogP contribution in [0.1, 0.15) is 26.3 Å². The molecule has 1 N–H and O–H groups in total. The van der Waals surface area contributed by atoms with Crippen molar-refractivity contribution < 1.29 is 23.1 Å². The quantitative estimate of drug-likeness (QED) is 0.696. The van der Waals surface area contributed by atoms with E-state index in [-0.39, 0.29) is 18.0 Å². The number of carbonyl (C=O) groups excluding carboxylic acids is 2. The minimum atomic E-state index is -1.05. The number of halogens is 3. The molecule has 2 aromatic carbocycles. The summed E-state index contributed by atoms with van der Waals surface area (Å²) in [5, 5.41) is 3.11. The van der Waals surface area contributed by atoms with Gasteiger partial charge in [0, 0.05) is 21.7 Å². The molecule has 2 amide bonds. The second-order valence-corrected chi connectivity index (χ2v) is 9.29. The fourth-order valence-electron chi connectivity index (χ4n) is 2.88. The zero-order valence-corrected chi connectivity index (χ0v) is 18.2. The molecule has 0 fully saturated rings. The molecule has 5 nitrogen and oxygen atoms in total. The summed E-state index contributed by atoms with van der Waals surface area (Å²) >= 11 is 7.09. The number of anilines is 1. The van der Waals surface area contributed by atoms with E-state index in [1.165, 1.54) is 4.90 Å². The van der Waals surface area contributed by atoms with E-state index < -0.39 is 35.3 Å². The van der Waals surface area contributed by atoms with E-state index in [9.17, 15) is 18.4 Å². The van der Waals surface area contributed by atoms with Crippen molar-refractivity contribution in [3.05, 3.63) is 58.6 Å². The Hall–Kier alpha value is -2.32. The molecule has 0 spiro atoms. The average Bonchev–Trinajstić information content (AvgIpc) is 2.75. The molecule has 9 heteroatoms. The van der Waals surface area contributed by atoms with Gasteiger partial charge in [-0.1, -0.05) is 23.7 Å². The Morgan fingerprint density at radius 2 is 1.87 bits per heavy atom. The van der Waals surface area contributed by atoms with E-state index in [1.807, 2.05) is 0 Å². The average molecular weight is 455 g/mol. The molecule has 0 aliphatic carbocycles. The van der Waals surface area contributed by atoms with Crippen LogP contribution in [0.5, 0.6) is 0 Å². The van der Waals surface area contributed by atoms with Gasteiger partial charge in [-0.05, 0) is 44.5 Å². The second-order valence-electron chi connectivity index (χ2n) is 7.79. The van der Waals surface area contributed by atoms with Crippen molar-refractivity contribution in [1.82, 2.24) is 5.32 Å².